The fraction of sp³-hybridized carbons (Fsp3) is 0.167. The van der Waals surface area contributed by atoms with Crippen LogP contribution in [-0.2, 0) is 10.2 Å². The summed E-state index contributed by atoms with van der Waals surface area (Å²) < 4.78 is 31.1. The van der Waals surface area contributed by atoms with Crippen LogP contribution >= 0.6 is 0 Å². The van der Waals surface area contributed by atoms with Crippen molar-refractivity contribution >= 4 is 33.2 Å². The monoisotopic (exact) mass is 308 g/mol. The van der Waals surface area contributed by atoms with Crippen molar-refractivity contribution in [3.8, 4) is 0 Å². The van der Waals surface area contributed by atoms with Crippen molar-refractivity contribution in [3.05, 3.63) is 36.2 Å². The summed E-state index contributed by atoms with van der Waals surface area (Å²) in [6.45, 7) is 0. The summed E-state index contributed by atoms with van der Waals surface area (Å²) in [4.78, 5) is 11.9. The second-order valence-electron chi connectivity index (χ2n) is 4.48. The van der Waals surface area contributed by atoms with E-state index in [1.807, 2.05) is 0 Å². The molecule has 1 amide bonds. The first-order valence-electron chi connectivity index (χ1n) is 6.00. The molecular formula is C12H12N4O4S. The Bertz CT molecular complexity index is 801. The highest BCUT2D eigenvalue weighted by Crippen LogP contribution is 2.40. The molecule has 1 aliphatic heterocycles. The van der Waals surface area contributed by atoms with E-state index in [-0.39, 0.29) is 5.76 Å². The smallest absolute Gasteiger partial charge is 0.326 e. The number of hydrogen-bond acceptors (Lipinski definition) is 5. The number of carbonyl (C=O) groups excluding carboxylic acids is 1. The Morgan fingerprint density at radius 3 is 2.57 bits per heavy atom. The Labute approximate surface area is 121 Å². The van der Waals surface area contributed by atoms with Crippen LogP contribution in [0.1, 0.15) is 10.6 Å². The summed E-state index contributed by atoms with van der Waals surface area (Å²) >= 11 is 0. The maximum absolute atomic E-state index is 12.0. The van der Waals surface area contributed by atoms with E-state index in [0.717, 1.165) is 4.31 Å². The normalized spacial score (nSPS) is 15.9. The molecule has 110 valence electrons. The van der Waals surface area contributed by atoms with Crippen LogP contribution in [0.2, 0.25) is 0 Å². The van der Waals surface area contributed by atoms with E-state index in [1.54, 1.807) is 18.2 Å². The highest BCUT2D eigenvalue weighted by molar-refractivity contribution is 7.94. The van der Waals surface area contributed by atoms with Crippen LogP contribution in [0, 0.1) is 0 Å². The molecule has 1 aliphatic rings. The van der Waals surface area contributed by atoms with Crippen molar-refractivity contribution in [2.45, 2.75) is 0 Å². The lowest BCUT2D eigenvalue weighted by Crippen LogP contribution is -2.32. The van der Waals surface area contributed by atoms with Crippen molar-refractivity contribution in [1.29, 1.82) is 0 Å². The van der Waals surface area contributed by atoms with E-state index >= 15 is 0 Å². The number of anilines is 3. The van der Waals surface area contributed by atoms with Crippen LogP contribution in [-0.4, -0.2) is 33.6 Å². The van der Waals surface area contributed by atoms with E-state index in [2.05, 4.69) is 10.5 Å². The Hall–Kier alpha value is -2.55. The van der Waals surface area contributed by atoms with Gasteiger partial charge in [-0.2, -0.15) is 8.42 Å². The van der Waals surface area contributed by atoms with Crippen LogP contribution in [0.15, 0.2) is 35.0 Å². The Morgan fingerprint density at radius 1 is 1.19 bits per heavy atom. The van der Waals surface area contributed by atoms with E-state index in [4.69, 9.17) is 4.52 Å². The fourth-order valence-electron chi connectivity index (χ4n) is 2.08. The minimum absolute atomic E-state index is 0.0774. The molecule has 2 heterocycles. The molecule has 1 aromatic heterocycles. The molecule has 0 saturated heterocycles. The minimum Gasteiger partial charge on any atom is -0.351 e. The first-order valence-corrected chi connectivity index (χ1v) is 7.40. The third kappa shape index (κ3) is 2.02. The molecule has 0 atom stereocenters. The zero-order valence-electron chi connectivity index (χ0n) is 11.3. The van der Waals surface area contributed by atoms with Crippen LogP contribution in [0.25, 0.3) is 0 Å². The van der Waals surface area contributed by atoms with Crippen molar-refractivity contribution in [3.63, 3.8) is 0 Å². The Kier molecular flexibility index (Phi) is 2.87. The number of nitrogens with zero attached hydrogens (tertiary/aromatic N) is 3. The van der Waals surface area contributed by atoms with Crippen LogP contribution < -0.4 is 13.9 Å². The van der Waals surface area contributed by atoms with Gasteiger partial charge in [0.05, 0.1) is 17.6 Å². The van der Waals surface area contributed by atoms with Crippen LogP contribution in [0.4, 0.5) is 17.1 Å². The summed E-state index contributed by atoms with van der Waals surface area (Å²) in [5.41, 5.74) is 1.51. The standard InChI is InChI=1S/C12H12N4O4S/c1-15-9-4-3-8(7-10(9)16(2)21(15,18)19)14-12(17)11-5-6-13-20-11/h3-7H,1-2H3,(H,14,17). The molecule has 9 heteroatoms. The summed E-state index contributed by atoms with van der Waals surface area (Å²) in [5, 5.41) is 6.08. The Morgan fingerprint density at radius 2 is 1.90 bits per heavy atom. The molecule has 0 bridgehead atoms. The second kappa shape index (κ2) is 4.48. The van der Waals surface area contributed by atoms with Gasteiger partial charge in [0, 0.05) is 25.8 Å². The molecule has 1 aromatic carbocycles. The fourth-order valence-corrected chi connectivity index (χ4v) is 3.24. The van der Waals surface area contributed by atoms with Gasteiger partial charge in [-0.1, -0.05) is 5.16 Å². The number of fused-ring (bicyclic) bond motifs is 1. The maximum atomic E-state index is 12.0. The topological polar surface area (TPSA) is 95.8 Å². The predicted molar refractivity (Wildman–Crippen MR) is 76.6 cm³/mol. The number of amides is 1. The molecule has 0 aliphatic carbocycles. The van der Waals surface area contributed by atoms with E-state index in [1.165, 1.54) is 30.7 Å². The third-order valence-electron chi connectivity index (χ3n) is 3.27. The summed E-state index contributed by atoms with van der Waals surface area (Å²) in [6, 6.07) is 6.28. The lowest BCUT2D eigenvalue weighted by molar-refractivity contribution is 0.0988. The molecule has 21 heavy (non-hydrogen) atoms. The molecular weight excluding hydrogens is 296 g/mol. The Balaban J connectivity index is 1.92. The van der Waals surface area contributed by atoms with E-state index < -0.39 is 16.1 Å². The van der Waals surface area contributed by atoms with Crippen molar-refractivity contribution in [1.82, 2.24) is 5.16 Å². The second-order valence-corrected chi connectivity index (χ2v) is 6.47. The van der Waals surface area contributed by atoms with Gasteiger partial charge in [0.2, 0.25) is 5.76 Å². The number of nitrogens with one attached hydrogen (secondary N) is 1. The summed E-state index contributed by atoms with van der Waals surface area (Å²) in [6.07, 6.45) is 1.37. The first kappa shape index (κ1) is 13.4. The molecule has 8 nitrogen and oxygen atoms in total. The molecule has 3 rings (SSSR count). The van der Waals surface area contributed by atoms with Gasteiger partial charge in [-0.15, -0.1) is 0 Å². The maximum Gasteiger partial charge on any atom is 0.326 e. The first-order chi connectivity index (χ1) is 9.91. The molecule has 0 unspecified atom stereocenters. The third-order valence-corrected chi connectivity index (χ3v) is 5.04. The lowest BCUT2D eigenvalue weighted by atomic mass is 10.2. The lowest BCUT2D eigenvalue weighted by Gasteiger charge is -2.13. The number of hydrogen-bond donors (Lipinski definition) is 1. The number of benzene rings is 1. The molecule has 0 radical (unpaired) electrons. The summed E-state index contributed by atoms with van der Waals surface area (Å²) in [7, 11) is -0.591. The molecule has 0 saturated carbocycles. The van der Waals surface area contributed by atoms with Crippen molar-refractivity contribution in [2.75, 3.05) is 28.0 Å². The highest BCUT2D eigenvalue weighted by atomic mass is 32.2. The van der Waals surface area contributed by atoms with Gasteiger partial charge in [0.25, 0.3) is 5.91 Å². The van der Waals surface area contributed by atoms with Gasteiger partial charge in [0.1, 0.15) is 0 Å². The van der Waals surface area contributed by atoms with E-state index in [0.29, 0.717) is 17.1 Å². The van der Waals surface area contributed by atoms with E-state index in [9.17, 15) is 13.2 Å². The highest BCUT2D eigenvalue weighted by Gasteiger charge is 2.35. The predicted octanol–water partition coefficient (Wildman–Crippen LogP) is 1.06. The van der Waals surface area contributed by atoms with Gasteiger partial charge in [-0.25, -0.2) is 0 Å². The number of aromatic nitrogens is 1. The van der Waals surface area contributed by atoms with Crippen molar-refractivity contribution in [2.24, 2.45) is 0 Å². The molecule has 0 spiro atoms. The van der Waals surface area contributed by atoms with Crippen LogP contribution in [0.3, 0.4) is 0 Å². The van der Waals surface area contributed by atoms with Gasteiger partial charge in [-0.3, -0.25) is 13.4 Å². The van der Waals surface area contributed by atoms with Gasteiger partial charge < -0.3 is 9.84 Å². The van der Waals surface area contributed by atoms with Crippen LogP contribution in [0.5, 0.6) is 0 Å². The average Bonchev–Trinajstić information content (AvgIpc) is 3.04. The zero-order chi connectivity index (χ0) is 15.2. The minimum atomic E-state index is -3.53. The SMILES string of the molecule is CN1c2ccc(NC(=O)c3ccno3)cc2N(C)S1(=O)=O. The molecule has 0 fully saturated rings. The molecule has 1 N–H and O–H groups in total. The van der Waals surface area contributed by atoms with Gasteiger partial charge in [0.15, 0.2) is 0 Å². The quantitative estimate of drug-likeness (QED) is 0.895. The summed E-state index contributed by atoms with van der Waals surface area (Å²) in [5.74, 6) is -0.377. The van der Waals surface area contributed by atoms with Gasteiger partial charge in [-0.05, 0) is 18.2 Å². The number of carbonyl (C=O) groups is 1. The average molecular weight is 308 g/mol. The zero-order valence-corrected chi connectivity index (χ0v) is 12.1. The number of rotatable bonds is 2. The largest absolute Gasteiger partial charge is 0.351 e. The van der Waals surface area contributed by atoms with Crippen molar-refractivity contribution < 1.29 is 17.7 Å². The van der Waals surface area contributed by atoms with Gasteiger partial charge >= 0.3 is 10.2 Å². The molecule has 2 aromatic rings.